The molecule has 0 aliphatic carbocycles. The third kappa shape index (κ3) is 4.81. The third-order valence-corrected chi connectivity index (χ3v) is 3.80. The van der Waals surface area contributed by atoms with Crippen molar-refractivity contribution < 1.29 is 0 Å². The molecule has 1 fully saturated rings. The monoisotopic (exact) mass is 258 g/mol. The summed E-state index contributed by atoms with van der Waals surface area (Å²) in [6.07, 6.45) is 7.16. The van der Waals surface area contributed by atoms with E-state index in [4.69, 9.17) is 0 Å². The van der Waals surface area contributed by atoms with Gasteiger partial charge in [0.25, 0.3) is 0 Å². The highest BCUT2D eigenvalue weighted by Crippen LogP contribution is 2.10. The summed E-state index contributed by atoms with van der Waals surface area (Å²) in [4.78, 5) is 2.54. The Morgan fingerprint density at radius 3 is 2.74 bits per heavy atom. The summed E-state index contributed by atoms with van der Waals surface area (Å²) in [5.41, 5.74) is 1.28. The second-order valence-corrected chi connectivity index (χ2v) is 5.65. The molecule has 104 valence electrons. The molecule has 0 aromatic heterocycles. The van der Waals surface area contributed by atoms with Crippen molar-refractivity contribution in [2.75, 3.05) is 19.6 Å². The molecule has 2 nitrogen and oxygen atoms in total. The van der Waals surface area contributed by atoms with Crippen LogP contribution in [0, 0.1) is 0 Å². The van der Waals surface area contributed by atoms with E-state index in [0.29, 0.717) is 12.1 Å². The SMILES string of the molecule is CC(C)N(C/C=C/c1ccccc1)CC1CCCN1. The van der Waals surface area contributed by atoms with Gasteiger partial charge in [-0.3, -0.25) is 4.90 Å². The summed E-state index contributed by atoms with van der Waals surface area (Å²) in [7, 11) is 0. The zero-order chi connectivity index (χ0) is 13.5. The lowest BCUT2D eigenvalue weighted by Gasteiger charge is -2.28. The van der Waals surface area contributed by atoms with E-state index in [2.05, 4.69) is 66.5 Å². The minimum Gasteiger partial charge on any atom is -0.313 e. The molecule has 0 radical (unpaired) electrons. The molecule has 1 aromatic rings. The van der Waals surface area contributed by atoms with Crippen molar-refractivity contribution in [3.63, 3.8) is 0 Å². The van der Waals surface area contributed by atoms with Crippen molar-refractivity contribution in [3.8, 4) is 0 Å². The first kappa shape index (κ1) is 14.3. The molecule has 0 amide bonds. The maximum absolute atomic E-state index is 3.58. The first-order chi connectivity index (χ1) is 9.25. The Kier molecular flexibility index (Phi) is 5.62. The van der Waals surface area contributed by atoms with Crippen LogP contribution in [0.5, 0.6) is 0 Å². The van der Waals surface area contributed by atoms with Crippen LogP contribution < -0.4 is 5.32 Å². The van der Waals surface area contributed by atoms with E-state index in [0.717, 1.165) is 13.1 Å². The summed E-state index contributed by atoms with van der Waals surface area (Å²) in [5.74, 6) is 0. The van der Waals surface area contributed by atoms with Gasteiger partial charge in [-0.1, -0.05) is 42.5 Å². The molecule has 0 saturated carbocycles. The van der Waals surface area contributed by atoms with E-state index in [1.165, 1.54) is 24.9 Å². The van der Waals surface area contributed by atoms with Crippen LogP contribution in [0.1, 0.15) is 32.3 Å². The molecular formula is C17H26N2. The number of nitrogens with one attached hydrogen (secondary N) is 1. The summed E-state index contributed by atoms with van der Waals surface area (Å²) in [6, 6.07) is 11.8. The fraction of sp³-hybridized carbons (Fsp3) is 0.529. The molecule has 19 heavy (non-hydrogen) atoms. The van der Waals surface area contributed by atoms with Crippen LogP contribution in [0.15, 0.2) is 36.4 Å². The van der Waals surface area contributed by atoms with Crippen LogP contribution in [0.4, 0.5) is 0 Å². The van der Waals surface area contributed by atoms with Gasteiger partial charge in [0.05, 0.1) is 0 Å². The van der Waals surface area contributed by atoms with Crippen LogP contribution in [-0.2, 0) is 0 Å². The number of nitrogens with zero attached hydrogens (tertiary/aromatic N) is 1. The Morgan fingerprint density at radius 2 is 2.11 bits per heavy atom. The van der Waals surface area contributed by atoms with Crippen LogP contribution in [0.3, 0.4) is 0 Å². The fourth-order valence-electron chi connectivity index (χ4n) is 2.58. The average Bonchev–Trinajstić information content (AvgIpc) is 2.91. The molecular weight excluding hydrogens is 232 g/mol. The Balaban J connectivity index is 1.84. The van der Waals surface area contributed by atoms with Crippen molar-refractivity contribution in [1.82, 2.24) is 10.2 Å². The van der Waals surface area contributed by atoms with Crippen molar-refractivity contribution in [2.45, 2.75) is 38.8 Å². The van der Waals surface area contributed by atoms with Gasteiger partial charge in [0.15, 0.2) is 0 Å². The molecule has 0 spiro atoms. The van der Waals surface area contributed by atoms with Crippen molar-refractivity contribution in [1.29, 1.82) is 0 Å². The van der Waals surface area contributed by atoms with Crippen molar-refractivity contribution in [3.05, 3.63) is 42.0 Å². The Bertz CT molecular complexity index is 378. The Hall–Kier alpha value is -1.12. The zero-order valence-corrected chi connectivity index (χ0v) is 12.2. The van der Waals surface area contributed by atoms with Gasteiger partial charge in [0.2, 0.25) is 0 Å². The minimum absolute atomic E-state index is 0.600. The maximum atomic E-state index is 3.58. The van der Waals surface area contributed by atoms with Crippen LogP contribution in [0.2, 0.25) is 0 Å². The molecule has 0 bridgehead atoms. The number of rotatable bonds is 6. The smallest absolute Gasteiger partial charge is 0.0195 e. The molecule has 2 rings (SSSR count). The lowest BCUT2D eigenvalue weighted by Crippen LogP contribution is -2.41. The highest BCUT2D eigenvalue weighted by Gasteiger charge is 2.18. The Labute approximate surface area is 117 Å². The molecule has 1 aliphatic heterocycles. The number of benzene rings is 1. The van der Waals surface area contributed by atoms with E-state index in [1.54, 1.807) is 0 Å². The summed E-state index contributed by atoms with van der Waals surface area (Å²) >= 11 is 0. The Morgan fingerprint density at radius 1 is 1.32 bits per heavy atom. The molecule has 1 atom stereocenters. The van der Waals surface area contributed by atoms with Crippen molar-refractivity contribution in [2.24, 2.45) is 0 Å². The number of hydrogen-bond donors (Lipinski definition) is 1. The van der Waals surface area contributed by atoms with Gasteiger partial charge < -0.3 is 5.32 Å². The maximum Gasteiger partial charge on any atom is 0.0195 e. The second-order valence-electron chi connectivity index (χ2n) is 5.65. The summed E-state index contributed by atoms with van der Waals surface area (Å²) < 4.78 is 0. The highest BCUT2D eigenvalue weighted by molar-refractivity contribution is 5.48. The third-order valence-electron chi connectivity index (χ3n) is 3.80. The van der Waals surface area contributed by atoms with E-state index >= 15 is 0 Å². The van der Waals surface area contributed by atoms with Gasteiger partial charge in [0, 0.05) is 25.2 Å². The molecule has 1 heterocycles. The van der Waals surface area contributed by atoms with E-state index in [-0.39, 0.29) is 0 Å². The van der Waals surface area contributed by atoms with Crippen LogP contribution >= 0.6 is 0 Å². The van der Waals surface area contributed by atoms with Crippen LogP contribution in [0.25, 0.3) is 6.08 Å². The van der Waals surface area contributed by atoms with Crippen LogP contribution in [-0.4, -0.2) is 36.6 Å². The van der Waals surface area contributed by atoms with E-state index < -0.39 is 0 Å². The average molecular weight is 258 g/mol. The molecule has 1 N–H and O–H groups in total. The van der Waals surface area contributed by atoms with E-state index in [9.17, 15) is 0 Å². The lowest BCUT2D eigenvalue weighted by molar-refractivity contribution is 0.224. The largest absolute Gasteiger partial charge is 0.313 e. The topological polar surface area (TPSA) is 15.3 Å². The highest BCUT2D eigenvalue weighted by atomic mass is 15.2. The molecule has 2 heteroatoms. The first-order valence-corrected chi connectivity index (χ1v) is 7.45. The van der Waals surface area contributed by atoms with Gasteiger partial charge in [-0.05, 0) is 38.8 Å². The fourth-order valence-corrected chi connectivity index (χ4v) is 2.58. The zero-order valence-electron chi connectivity index (χ0n) is 12.2. The van der Waals surface area contributed by atoms with Gasteiger partial charge in [-0.15, -0.1) is 0 Å². The molecule has 1 unspecified atom stereocenters. The minimum atomic E-state index is 0.600. The molecule has 1 aromatic carbocycles. The van der Waals surface area contributed by atoms with Gasteiger partial charge in [0.1, 0.15) is 0 Å². The quantitative estimate of drug-likeness (QED) is 0.843. The van der Waals surface area contributed by atoms with Gasteiger partial charge in [-0.25, -0.2) is 0 Å². The lowest BCUT2D eigenvalue weighted by atomic mass is 10.1. The molecule has 1 saturated heterocycles. The number of hydrogen-bond acceptors (Lipinski definition) is 2. The second kappa shape index (κ2) is 7.46. The molecule has 1 aliphatic rings. The standard InChI is InChI=1S/C17H26N2/c1-15(2)19(14-17-11-6-12-18-17)13-7-10-16-8-4-3-5-9-16/h3-5,7-10,15,17-18H,6,11-14H2,1-2H3/b10-7+. The predicted octanol–water partition coefficient (Wildman–Crippen LogP) is 3.16. The van der Waals surface area contributed by atoms with E-state index in [1.807, 2.05) is 0 Å². The van der Waals surface area contributed by atoms with Crippen molar-refractivity contribution >= 4 is 6.08 Å². The predicted molar refractivity (Wildman–Crippen MR) is 83.2 cm³/mol. The van der Waals surface area contributed by atoms with Gasteiger partial charge in [-0.2, -0.15) is 0 Å². The normalized spacial score (nSPS) is 19.9. The summed E-state index contributed by atoms with van der Waals surface area (Å²) in [5, 5.41) is 3.58. The first-order valence-electron chi connectivity index (χ1n) is 7.45. The van der Waals surface area contributed by atoms with Gasteiger partial charge >= 0.3 is 0 Å². The summed E-state index contributed by atoms with van der Waals surface area (Å²) in [6.45, 7) is 7.95.